The summed E-state index contributed by atoms with van der Waals surface area (Å²) in [6, 6.07) is 14.3. The highest BCUT2D eigenvalue weighted by Gasteiger charge is 2.42. The fourth-order valence-electron chi connectivity index (χ4n) is 5.34. The van der Waals surface area contributed by atoms with Crippen LogP contribution in [0.15, 0.2) is 42.5 Å². The molecule has 0 aliphatic carbocycles. The van der Waals surface area contributed by atoms with Crippen molar-refractivity contribution in [1.82, 2.24) is 5.32 Å². The molecule has 3 atom stereocenters. The molecule has 2 aromatic rings. The van der Waals surface area contributed by atoms with Crippen LogP contribution in [-0.2, 0) is 16.0 Å². The number of fused-ring (bicyclic) bond motifs is 3. The van der Waals surface area contributed by atoms with Crippen molar-refractivity contribution in [3.8, 4) is 5.75 Å². The Morgan fingerprint density at radius 1 is 1.22 bits per heavy atom. The number of nitrogens with one attached hydrogen (secondary N) is 1. The lowest BCUT2D eigenvalue weighted by atomic mass is 9.83. The summed E-state index contributed by atoms with van der Waals surface area (Å²) in [4.78, 5) is 18.1. The smallest absolute Gasteiger partial charge is 0.225 e. The van der Waals surface area contributed by atoms with E-state index in [-0.39, 0.29) is 24.0 Å². The lowest BCUT2D eigenvalue weighted by molar-refractivity contribution is -0.126. The van der Waals surface area contributed by atoms with Gasteiger partial charge in [-0.1, -0.05) is 29.8 Å². The first-order valence-corrected chi connectivity index (χ1v) is 11.8. The first-order chi connectivity index (χ1) is 15.6. The van der Waals surface area contributed by atoms with Gasteiger partial charge in [-0.2, -0.15) is 0 Å². The average Bonchev–Trinajstić information content (AvgIpc) is 3.35. The van der Waals surface area contributed by atoms with Crippen LogP contribution >= 0.6 is 11.6 Å². The topological polar surface area (TPSA) is 54.0 Å². The summed E-state index contributed by atoms with van der Waals surface area (Å²) >= 11 is 6.31. The van der Waals surface area contributed by atoms with Gasteiger partial charge in [0.15, 0.2) is 0 Å². The lowest BCUT2D eigenvalue weighted by Gasteiger charge is -2.49. The number of methoxy groups -OCH3 is 1. The van der Waals surface area contributed by atoms with E-state index in [4.69, 9.17) is 21.1 Å². The van der Waals surface area contributed by atoms with Crippen molar-refractivity contribution in [1.29, 1.82) is 0 Å². The van der Waals surface area contributed by atoms with Gasteiger partial charge in [0.25, 0.3) is 0 Å². The number of piperazine rings is 1. The highest BCUT2D eigenvalue weighted by atomic mass is 35.5. The Kier molecular flexibility index (Phi) is 6.15. The van der Waals surface area contributed by atoms with Crippen LogP contribution in [0.3, 0.4) is 0 Å². The first-order valence-electron chi connectivity index (χ1n) is 11.5. The van der Waals surface area contributed by atoms with E-state index in [2.05, 4.69) is 39.4 Å². The normalized spacial score (nSPS) is 24.6. The summed E-state index contributed by atoms with van der Waals surface area (Å²) in [6.45, 7) is 3.81. The van der Waals surface area contributed by atoms with E-state index < -0.39 is 0 Å². The summed E-state index contributed by atoms with van der Waals surface area (Å²) in [7, 11) is 1.68. The molecule has 5 rings (SSSR count). The molecule has 7 heteroatoms. The van der Waals surface area contributed by atoms with E-state index in [0.717, 1.165) is 56.9 Å². The van der Waals surface area contributed by atoms with Gasteiger partial charge in [0.05, 0.1) is 30.9 Å². The molecule has 1 amide bonds. The number of anilines is 2. The molecular formula is C25H30ClN3O3. The number of carbonyl (C=O) groups is 1. The van der Waals surface area contributed by atoms with Crippen molar-refractivity contribution in [3.63, 3.8) is 0 Å². The number of rotatable bonds is 5. The van der Waals surface area contributed by atoms with E-state index in [0.29, 0.717) is 11.6 Å². The summed E-state index contributed by atoms with van der Waals surface area (Å²) in [5.74, 6) is 0.794. The Morgan fingerprint density at radius 3 is 2.91 bits per heavy atom. The van der Waals surface area contributed by atoms with Gasteiger partial charge >= 0.3 is 0 Å². The summed E-state index contributed by atoms with van der Waals surface area (Å²) < 4.78 is 11.3. The van der Waals surface area contributed by atoms with Gasteiger partial charge < -0.3 is 24.6 Å². The number of hydrogen-bond donors (Lipinski definition) is 1. The van der Waals surface area contributed by atoms with Crippen LogP contribution in [0.4, 0.5) is 11.4 Å². The van der Waals surface area contributed by atoms with E-state index in [9.17, 15) is 4.79 Å². The molecule has 2 fully saturated rings. The Bertz CT molecular complexity index is 979. The molecule has 0 saturated carbocycles. The Balaban J connectivity index is 1.41. The van der Waals surface area contributed by atoms with Crippen molar-refractivity contribution >= 4 is 28.9 Å². The highest BCUT2D eigenvalue weighted by Crippen LogP contribution is 2.39. The maximum Gasteiger partial charge on any atom is 0.225 e. The average molecular weight is 456 g/mol. The van der Waals surface area contributed by atoms with Crippen LogP contribution in [0, 0.1) is 5.92 Å². The zero-order chi connectivity index (χ0) is 22.1. The van der Waals surface area contributed by atoms with Gasteiger partial charge in [-0.25, -0.2) is 0 Å². The van der Waals surface area contributed by atoms with Gasteiger partial charge in [0.1, 0.15) is 5.75 Å². The van der Waals surface area contributed by atoms with Gasteiger partial charge in [0.2, 0.25) is 5.91 Å². The van der Waals surface area contributed by atoms with E-state index in [1.54, 1.807) is 7.11 Å². The molecule has 6 nitrogen and oxygen atoms in total. The van der Waals surface area contributed by atoms with Crippen molar-refractivity contribution in [2.75, 3.05) is 49.7 Å². The first kappa shape index (κ1) is 21.4. The number of hydrogen-bond acceptors (Lipinski definition) is 5. The standard InChI is InChI=1S/C25H30ClN3O3/c1-31-24-9-8-18(26)14-22(24)28-10-11-29-21-7-3-2-5-17(21)13-20(23(29)16-28)25(30)27-15-19-6-4-12-32-19/h2-3,5,7-9,14,19-20,23H,4,6,10-13,15-16H2,1H3,(H,27,30)/t19-,20+,23+/m1/s1. The SMILES string of the molecule is COc1ccc(Cl)cc1N1CCN2c3ccccc3C[C@H](C(=O)NC[C@H]3CCCO3)[C@@H]2C1. The van der Waals surface area contributed by atoms with Crippen molar-refractivity contribution < 1.29 is 14.3 Å². The van der Waals surface area contributed by atoms with Crippen LogP contribution < -0.4 is 19.9 Å². The molecule has 0 bridgehead atoms. The third-order valence-corrected chi connectivity index (χ3v) is 7.21. The molecule has 0 spiro atoms. The molecule has 0 aromatic heterocycles. The van der Waals surface area contributed by atoms with Crippen LogP contribution in [0.25, 0.3) is 0 Å². The minimum atomic E-state index is -0.126. The summed E-state index contributed by atoms with van der Waals surface area (Å²) in [5.41, 5.74) is 3.48. The van der Waals surface area contributed by atoms with Crippen LogP contribution in [0.1, 0.15) is 18.4 Å². The molecular weight excluding hydrogens is 426 g/mol. The van der Waals surface area contributed by atoms with Crippen molar-refractivity contribution in [2.24, 2.45) is 5.92 Å². The molecule has 1 N–H and O–H groups in total. The number of para-hydroxylation sites is 1. The number of halogens is 1. The maximum absolute atomic E-state index is 13.4. The van der Waals surface area contributed by atoms with Crippen LogP contribution in [-0.4, -0.2) is 57.9 Å². The molecule has 3 aliphatic heterocycles. The predicted molar refractivity (Wildman–Crippen MR) is 127 cm³/mol. The third-order valence-electron chi connectivity index (χ3n) is 6.97. The summed E-state index contributed by atoms with van der Waals surface area (Å²) in [5, 5.41) is 3.87. The van der Waals surface area contributed by atoms with E-state index in [1.807, 2.05) is 18.2 Å². The van der Waals surface area contributed by atoms with Crippen LogP contribution in [0.2, 0.25) is 5.02 Å². The molecule has 0 unspecified atom stereocenters. The van der Waals surface area contributed by atoms with Crippen molar-refractivity contribution in [2.45, 2.75) is 31.4 Å². The maximum atomic E-state index is 13.4. The summed E-state index contributed by atoms with van der Waals surface area (Å²) in [6.07, 6.45) is 2.98. The zero-order valence-corrected chi connectivity index (χ0v) is 19.2. The van der Waals surface area contributed by atoms with Gasteiger partial charge in [-0.05, 0) is 49.1 Å². The van der Waals surface area contributed by atoms with Gasteiger partial charge in [0, 0.05) is 43.5 Å². The minimum absolute atomic E-state index is 0.0758. The molecule has 3 aliphatic rings. The van der Waals surface area contributed by atoms with Gasteiger partial charge in [-0.3, -0.25) is 4.79 Å². The molecule has 0 radical (unpaired) electrons. The molecule has 32 heavy (non-hydrogen) atoms. The fraction of sp³-hybridized carbons (Fsp3) is 0.480. The van der Waals surface area contributed by atoms with Gasteiger partial charge in [-0.15, -0.1) is 0 Å². The predicted octanol–water partition coefficient (Wildman–Crippen LogP) is 3.51. The highest BCUT2D eigenvalue weighted by molar-refractivity contribution is 6.31. The monoisotopic (exact) mass is 455 g/mol. The number of benzene rings is 2. The van der Waals surface area contributed by atoms with E-state index >= 15 is 0 Å². The second kappa shape index (κ2) is 9.20. The largest absolute Gasteiger partial charge is 0.495 e. The third kappa shape index (κ3) is 4.14. The lowest BCUT2D eigenvalue weighted by Crippen LogP contribution is -2.61. The molecule has 2 aromatic carbocycles. The number of nitrogens with zero attached hydrogens (tertiary/aromatic N) is 2. The number of ether oxygens (including phenoxy) is 2. The molecule has 2 saturated heterocycles. The Hall–Kier alpha value is -2.44. The Morgan fingerprint density at radius 2 is 2.09 bits per heavy atom. The fourth-order valence-corrected chi connectivity index (χ4v) is 5.50. The quantitative estimate of drug-likeness (QED) is 0.747. The zero-order valence-electron chi connectivity index (χ0n) is 18.4. The number of amides is 1. The number of carbonyl (C=O) groups excluding carboxylic acids is 1. The molecule has 3 heterocycles. The van der Waals surface area contributed by atoms with Crippen molar-refractivity contribution in [3.05, 3.63) is 53.1 Å². The Labute approximate surface area is 194 Å². The minimum Gasteiger partial charge on any atom is -0.495 e. The molecule has 170 valence electrons. The van der Waals surface area contributed by atoms with E-state index in [1.165, 1.54) is 11.3 Å². The second-order valence-corrected chi connectivity index (χ2v) is 9.28. The van der Waals surface area contributed by atoms with Crippen LogP contribution in [0.5, 0.6) is 5.75 Å². The second-order valence-electron chi connectivity index (χ2n) is 8.84.